The van der Waals surface area contributed by atoms with Gasteiger partial charge in [-0.2, -0.15) is 0 Å². The van der Waals surface area contributed by atoms with E-state index in [2.05, 4.69) is 28.1 Å². The molecule has 1 amide bonds. The van der Waals surface area contributed by atoms with E-state index >= 15 is 0 Å². The number of carbonyl (C=O) groups is 1. The van der Waals surface area contributed by atoms with Gasteiger partial charge in [0.1, 0.15) is 11.9 Å². The van der Waals surface area contributed by atoms with Crippen LogP contribution in [0.25, 0.3) is 0 Å². The lowest BCUT2D eigenvalue weighted by Crippen LogP contribution is -2.34. The lowest BCUT2D eigenvalue weighted by Gasteiger charge is -2.31. The predicted octanol–water partition coefficient (Wildman–Crippen LogP) is 5.12. The standard InChI is InChI=1S/C22H29N3O4S.C2H6/c1-17(10-13-23-2)28-18-11-14-25(15-12-18)30-20-8-4-3-7-19(20)22(26)24-29-21-9-5-6-16-27-21;1-2/h3-4,7-8,10,13,18,21H,1-2,5-6,9,11-12,14-16H2,(H,24,26);1-2H3/b13-10-;. The third-order valence-electron chi connectivity index (χ3n) is 4.86. The van der Waals surface area contributed by atoms with E-state index in [9.17, 15) is 4.79 Å². The highest BCUT2D eigenvalue weighted by atomic mass is 32.2. The van der Waals surface area contributed by atoms with Crippen molar-refractivity contribution >= 4 is 24.6 Å². The number of benzene rings is 1. The number of hydrogen-bond donors (Lipinski definition) is 1. The maximum Gasteiger partial charge on any atom is 0.276 e. The summed E-state index contributed by atoms with van der Waals surface area (Å²) in [6.45, 7) is 13.7. The summed E-state index contributed by atoms with van der Waals surface area (Å²) >= 11 is 1.59. The van der Waals surface area contributed by atoms with Crippen LogP contribution in [-0.2, 0) is 14.3 Å². The summed E-state index contributed by atoms with van der Waals surface area (Å²) in [5.74, 6) is 0.335. The van der Waals surface area contributed by atoms with Crippen LogP contribution < -0.4 is 5.48 Å². The highest BCUT2D eigenvalue weighted by Crippen LogP contribution is 2.30. The predicted molar refractivity (Wildman–Crippen MR) is 129 cm³/mol. The lowest BCUT2D eigenvalue weighted by atomic mass is 10.1. The van der Waals surface area contributed by atoms with Gasteiger partial charge in [-0.05, 0) is 62.6 Å². The van der Waals surface area contributed by atoms with Crippen LogP contribution in [0.1, 0.15) is 56.3 Å². The van der Waals surface area contributed by atoms with Crippen LogP contribution in [0, 0.1) is 0 Å². The van der Waals surface area contributed by atoms with Gasteiger partial charge in [0.25, 0.3) is 5.91 Å². The van der Waals surface area contributed by atoms with Gasteiger partial charge < -0.3 is 9.47 Å². The minimum absolute atomic E-state index is 0.131. The van der Waals surface area contributed by atoms with Gasteiger partial charge in [-0.15, -0.1) is 0 Å². The molecule has 2 heterocycles. The Morgan fingerprint density at radius 2 is 2.00 bits per heavy atom. The molecule has 1 aromatic carbocycles. The van der Waals surface area contributed by atoms with Crippen molar-refractivity contribution in [1.82, 2.24) is 9.79 Å². The minimum Gasteiger partial charge on any atom is -0.491 e. The number of allylic oxidation sites excluding steroid dienone is 1. The van der Waals surface area contributed by atoms with Gasteiger partial charge in [-0.25, -0.2) is 14.6 Å². The molecular weight excluding hydrogens is 426 g/mol. The zero-order valence-corrected chi connectivity index (χ0v) is 19.9. The fourth-order valence-electron chi connectivity index (χ4n) is 3.28. The van der Waals surface area contributed by atoms with E-state index in [0.717, 1.165) is 50.1 Å². The van der Waals surface area contributed by atoms with Crippen molar-refractivity contribution in [3.63, 3.8) is 0 Å². The van der Waals surface area contributed by atoms with Gasteiger partial charge in [0.2, 0.25) is 0 Å². The molecule has 1 atom stereocenters. The molecule has 0 aliphatic carbocycles. The summed E-state index contributed by atoms with van der Waals surface area (Å²) < 4.78 is 13.6. The van der Waals surface area contributed by atoms with Gasteiger partial charge in [0.15, 0.2) is 6.29 Å². The Kier molecular flexibility index (Phi) is 12.1. The molecule has 8 heteroatoms. The van der Waals surface area contributed by atoms with Gasteiger partial charge >= 0.3 is 0 Å². The number of amides is 1. The molecule has 7 nitrogen and oxygen atoms in total. The molecular formula is C24H35N3O4S. The first kappa shape index (κ1) is 26.1. The summed E-state index contributed by atoms with van der Waals surface area (Å²) in [5, 5.41) is 0. The van der Waals surface area contributed by atoms with Gasteiger partial charge in [-0.1, -0.05) is 32.6 Å². The van der Waals surface area contributed by atoms with E-state index in [0.29, 0.717) is 17.9 Å². The zero-order valence-electron chi connectivity index (χ0n) is 19.1. The molecule has 1 unspecified atom stereocenters. The van der Waals surface area contributed by atoms with Crippen LogP contribution >= 0.6 is 11.9 Å². The third kappa shape index (κ3) is 8.78. The largest absolute Gasteiger partial charge is 0.491 e. The Bertz CT molecular complexity index is 757. The first-order chi connectivity index (χ1) is 15.7. The van der Waals surface area contributed by atoms with Crippen molar-refractivity contribution in [2.45, 2.75) is 63.2 Å². The molecule has 1 N–H and O–H groups in total. The molecule has 0 radical (unpaired) electrons. The summed E-state index contributed by atoms with van der Waals surface area (Å²) in [4.78, 5) is 22.6. The molecule has 3 rings (SSSR count). The summed E-state index contributed by atoms with van der Waals surface area (Å²) in [6.07, 6.45) is 7.69. The topological polar surface area (TPSA) is 72.4 Å². The normalized spacial score (nSPS) is 19.6. The Balaban J connectivity index is 0.00000176. The van der Waals surface area contributed by atoms with E-state index in [1.165, 1.54) is 0 Å². The van der Waals surface area contributed by atoms with Gasteiger partial charge in [-0.3, -0.25) is 9.79 Å². The van der Waals surface area contributed by atoms with Crippen LogP contribution in [-0.4, -0.2) is 49.0 Å². The zero-order chi connectivity index (χ0) is 23.2. The van der Waals surface area contributed by atoms with Crippen molar-refractivity contribution in [2.75, 3.05) is 19.7 Å². The van der Waals surface area contributed by atoms with E-state index in [1.807, 2.05) is 38.1 Å². The number of ether oxygens (including phenoxy) is 2. The number of carbonyl (C=O) groups excluding carboxylic acids is 1. The number of nitrogens with zero attached hydrogens (tertiary/aromatic N) is 2. The molecule has 2 fully saturated rings. The fourth-order valence-corrected chi connectivity index (χ4v) is 4.35. The number of aliphatic imine (C=N–C) groups is 1. The smallest absolute Gasteiger partial charge is 0.276 e. The molecule has 0 spiro atoms. The van der Waals surface area contributed by atoms with Crippen LogP contribution in [0.3, 0.4) is 0 Å². The number of rotatable bonds is 9. The molecule has 0 bridgehead atoms. The second-order valence-electron chi connectivity index (χ2n) is 7.14. The van der Waals surface area contributed by atoms with Gasteiger partial charge in [0.05, 0.1) is 5.56 Å². The maximum atomic E-state index is 12.6. The molecule has 0 aromatic heterocycles. The molecule has 176 valence electrons. The summed E-state index contributed by atoms with van der Waals surface area (Å²) in [5.41, 5.74) is 3.14. The quantitative estimate of drug-likeness (QED) is 0.181. The van der Waals surface area contributed by atoms with Crippen molar-refractivity contribution in [2.24, 2.45) is 4.99 Å². The fraction of sp³-hybridized carbons (Fsp3) is 0.500. The maximum absolute atomic E-state index is 12.6. The van der Waals surface area contributed by atoms with Crippen LogP contribution in [0.4, 0.5) is 0 Å². The Morgan fingerprint density at radius 3 is 2.69 bits per heavy atom. The minimum atomic E-state index is -0.367. The first-order valence-corrected chi connectivity index (χ1v) is 12.0. The van der Waals surface area contributed by atoms with Crippen LogP contribution in [0.2, 0.25) is 0 Å². The molecule has 1 aromatic rings. The highest BCUT2D eigenvalue weighted by molar-refractivity contribution is 7.97. The molecule has 32 heavy (non-hydrogen) atoms. The second kappa shape index (κ2) is 14.8. The second-order valence-corrected chi connectivity index (χ2v) is 8.28. The van der Waals surface area contributed by atoms with E-state index in [-0.39, 0.29) is 18.3 Å². The lowest BCUT2D eigenvalue weighted by molar-refractivity contribution is -0.186. The summed E-state index contributed by atoms with van der Waals surface area (Å²) in [7, 11) is 0. The number of piperidine rings is 1. The number of hydroxylamine groups is 1. The Morgan fingerprint density at radius 1 is 1.25 bits per heavy atom. The Hall–Kier alpha value is -2.13. The average Bonchev–Trinajstić information content (AvgIpc) is 2.84. The number of hydrogen-bond acceptors (Lipinski definition) is 7. The Labute approximate surface area is 196 Å². The molecule has 0 saturated carbocycles. The third-order valence-corrected chi connectivity index (χ3v) is 6.04. The average molecular weight is 462 g/mol. The van der Waals surface area contributed by atoms with E-state index in [4.69, 9.17) is 14.3 Å². The monoisotopic (exact) mass is 461 g/mol. The first-order valence-electron chi connectivity index (χ1n) is 11.2. The number of nitrogens with one attached hydrogen (secondary N) is 1. The van der Waals surface area contributed by atoms with E-state index < -0.39 is 0 Å². The van der Waals surface area contributed by atoms with Crippen molar-refractivity contribution in [1.29, 1.82) is 0 Å². The highest BCUT2D eigenvalue weighted by Gasteiger charge is 2.23. The van der Waals surface area contributed by atoms with E-state index in [1.54, 1.807) is 24.2 Å². The van der Waals surface area contributed by atoms with Crippen molar-refractivity contribution in [3.05, 3.63) is 54.4 Å². The SMILES string of the molecule is C=N/C=C\C(=C)OC1CCN(Sc2ccccc2C(=O)NOC2CCCCO2)CC1.CC. The van der Waals surface area contributed by atoms with Gasteiger partial charge in [0, 0.05) is 37.2 Å². The van der Waals surface area contributed by atoms with Crippen molar-refractivity contribution < 1.29 is 19.1 Å². The molecule has 2 aliphatic rings. The molecule has 2 aliphatic heterocycles. The van der Waals surface area contributed by atoms with Crippen LogP contribution in [0.5, 0.6) is 0 Å². The molecule has 2 saturated heterocycles. The summed E-state index contributed by atoms with van der Waals surface area (Å²) in [6, 6.07) is 7.55. The van der Waals surface area contributed by atoms with Crippen molar-refractivity contribution in [3.8, 4) is 0 Å². The van der Waals surface area contributed by atoms with Crippen LogP contribution in [0.15, 0.2) is 58.8 Å².